The van der Waals surface area contributed by atoms with Gasteiger partial charge in [0.1, 0.15) is 5.69 Å². The fourth-order valence-corrected chi connectivity index (χ4v) is 6.05. The van der Waals surface area contributed by atoms with Crippen molar-refractivity contribution in [2.24, 2.45) is 0 Å². The molecule has 8 rings (SSSR count). The molecule has 0 saturated carbocycles. The molecule has 3 heterocycles. The van der Waals surface area contributed by atoms with E-state index < -0.39 is 0 Å². The third-order valence-electron chi connectivity index (χ3n) is 8.49. The summed E-state index contributed by atoms with van der Waals surface area (Å²) in [7, 11) is 0. The monoisotopic (exact) mass is 590 g/mol. The van der Waals surface area contributed by atoms with E-state index in [0.717, 1.165) is 67.7 Å². The van der Waals surface area contributed by atoms with Crippen LogP contribution < -0.4 is 0 Å². The highest BCUT2D eigenvalue weighted by molar-refractivity contribution is 6.05. The minimum absolute atomic E-state index is 0.594. The van der Waals surface area contributed by atoms with Crippen LogP contribution in [0.25, 0.3) is 78.2 Å². The van der Waals surface area contributed by atoms with E-state index in [-0.39, 0.29) is 0 Å². The molecule has 0 fully saturated rings. The van der Waals surface area contributed by atoms with E-state index in [0.29, 0.717) is 5.82 Å². The molecule has 0 saturated heterocycles. The maximum absolute atomic E-state index is 5.25. The standard InChI is InChI=1S/C42H30N4/c1-2-28-26-39(44-41-35(28)24-22-34-23-25-36(43-40(34)41)31-14-8-4-9-15-31)42-45-37(32-16-10-5-11-17-32)27-38(46-42)33-20-18-30(19-21-33)29-12-6-3-7-13-29/h3-27H,2H2,1H3. The fraction of sp³-hybridized carbons (Fsp3) is 0.0476. The van der Waals surface area contributed by atoms with Crippen molar-refractivity contribution in [2.45, 2.75) is 13.3 Å². The Morgan fingerprint density at radius 1 is 0.391 bits per heavy atom. The number of hydrogen-bond acceptors (Lipinski definition) is 4. The van der Waals surface area contributed by atoms with Gasteiger partial charge in [-0.1, -0.05) is 140 Å². The van der Waals surface area contributed by atoms with Crippen molar-refractivity contribution < 1.29 is 0 Å². The number of fused-ring (bicyclic) bond motifs is 3. The zero-order chi connectivity index (χ0) is 30.9. The average Bonchev–Trinajstić information content (AvgIpc) is 3.15. The van der Waals surface area contributed by atoms with Crippen LogP contribution in [0.1, 0.15) is 12.5 Å². The van der Waals surface area contributed by atoms with E-state index in [2.05, 4.69) is 116 Å². The molecule has 0 atom stereocenters. The molecule has 4 heteroatoms. The van der Waals surface area contributed by atoms with Gasteiger partial charge in [-0.3, -0.25) is 0 Å². The number of aryl methyl sites for hydroxylation is 1. The van der Waals surface area contributed by atoms with Crippen LogP contribution in [0.3, 0.4) is 0 Å². The average molecular weight is 591 g/mol. The number of nitrogens with zero attached hydrogens (tertiary/aromatic N) is 4. The lowest BCUT2D eigenvalue weighted by atomic mass is 10.0. The lowest BCUT2D eigenvalue weighted by molar-refractivity contribution is 1.12. The molecule has 4 nitrogen and oxygen atoms in total. The number of aromatic nitrogens is 4. The Bertz CT molecular complexity index is 2320. The van der Waals surface area contributed by atoms with Gasteiger partial charge in [0.05, 0.1) is 28.1 Å². The topological polar surface area (TPSA) is 51.6 Å². The molecule has 0 aliphatic carbocycles. The highest BCUT2D eigenvalue weighted by atomic mass is 14.9. The first kappa shape index (κ1) is 27.5. The lowest BCUT2D eigenvalue weighted by Gasteiger charge is -2.13. The van der Waals surface area contributed by atoms with Gasteiger partial charge in [-0.05, 0) is 41.3 Å². The summed E-state index contributed by atoms with van der Waals surface area (Å²) in [6.45, 7) is 2.18. The Hall–Kier alpha value is -6.00. The van der Waals surface area contributed by atoms with E-state index in [1.807, 2.05) is 42.5 Å². The zero-order valence-corrected chi connectivity index (χ0v) is 25.4. The van der Waals surface area contributed by atoms with Crippen LogP contribution >= 0.6 is 0 Å². The molecule has 218 valence electrons. The van der Waals surface area contributed by atoms with Crippen molar-refractivity contribution in [3.05, 3.63) is 157 Å². The Morgan fingerprint density at radius 3 is 1.52 bits per heavy atom. The highest BCUT2D eigenvalue weighted by Crippen LogP contribution is 2.33. The summed E-state index contributed by atoms with van der Waals surface area (Å²) < 4.78 is 0. The van der Waals surface area contributed by atoms with E-state index in [1.165, 1.54) is 16.7 Å². The summed E-state index contributed by atoms with van der Waals surface area (Å²) >= 11 is 0. The molecule has 5 aromatic carbocycles. The second-order valence-corrected chi connectivity index (χ2v) is 11.4. The van der Waals surface area contributed by atoms with Gasteiger partial charge < -0.3 is 0 Å². The van der Waals surface area contributed by atoms with Gasteiger partial charge in [0.15, 0.2) is 5.82 Å². The normalized spacial score (nSPS) is 11.2. The van der Waals surface area contributed by atoms with E-state index >= 15 is 0 Å². The maximum Gasteiger partial charge on any atom is 0.179 e. The molecule has 0 radical (unpaired) electrons. The van der Waals surface area contributed by atoms with Crippen molar-refractivity contribution in [2.75, 3.05) is 0 Å². The summed E-state index contributed by atoms with van der Waals surface area (Å²) in [4.78, 5) is 20.6. The maximum atomic E-state index is 5.25. The van der Waals surface area contributed by atoms with Gasteiger partial charge in [-0.2, -0.15) is 0 Å². The highest BCUT2D eigenvalue weighted by Gasteiger charge is 2.16. The molecule has 46 heavy (non-hydrogen) atoms. The predicted molar refractivity (Wildman–Crippen MR) is 189 cm³/mol. The third kappa shape index (κ3) is 5.20. The molecule has 8 aromatic rings. The predicted octanol–water partition coefficient (Wildman–Crippen LogP) is 10.5. The van der Waals surface area contributed by atoms with Gasteiger partial charge in [0.25, 0.3) is 0 Å². The third-order valence-corrected chi connectivity index (χ3v) is 8.49. The molecule has 0 unspecified atom stereocenters. The van der Waals surface area contributed by atoms with Crippen molar-refractivity contribution in [3.63, 3.8) is 0 Å². The van der Waals surface area contributed by atoms with Gasteiger partial charge in [0, 0.05) is 27.5 Å². The molecule has 0 amide bonds. The Kier molecular flexibility index (Phi) is 7.08. The van der Waals surface area contributed by atoms with E-state index in [9.17, 15) is 0 Å². The molecule has 3 aromatic heterocycles. The van der Waals surface area contributed by atoms with Crippen LogP contribution in [0.15, 0.2) is 152 Å². The molecule has 0 bridgehead atoms. The summed E-state index contributed by atoms with van der Waals surface area (Å²) in [5.41, 5.74) is 11.8. The Balaban J connectivity index is 1.31. The zero-order valence-electron chi connectivity index (χ0n) is 25.4. The van der Waals surface area contributed by atoms with Crippen molar-refractivity contribution in [1.29, 1.82) is 0 Å². The lowest BCUT2D eigenvalue weighted by Crippen LogP contribution is -2.00. The van der Waals surface area contributed by atoms with Gasteiger partial charge >= 0.3 is 0 Å². The van der Waals surface area contributed by atoms with Gasteiger partial charge in [-0.15, -0.1) is 0 Å². The SMILES string of the molecule is CCc1cc(-c2nc(-c3ccccc3)cc(-c3ccc(-c4ccccc4)cc3)n2)nc2c1ccc1ccc(-c3ccccc3)nc12. The van der Waals surface area contributed by atoms with E-state index in [4.69, 9.17) is 19.9 Å². The first-order valence-electron chi connectivity index (χ1n) is 15.6. The Morgan fingerprint density at radius 2 is 0.891 bits per heavy atom. The smallest absolute Gasteiger partial charge is 0.179 e. The van der Waals surface area contributed by atoms with E-state index in [1.54, 1.807) is 0 Å². The van der Waals surface area contributed by atoms with Crippen LogP contribution in [0.2, 0.25) is 0 Å². The first-order valence-corrected chi connectivity index (χ1v) is 15.6. The number of rotatable bonds is 6. The van der Waals surface area contributed by atoms with Crippen LogP contribution in [0.5, 0.6) is 0 Å². The Labute approximate surface area is 268 Å². The summed E-state index contributed by atoms with van der Waals surface area (Å²) in [6.07, 6.45) is 0.849. The van der Waals surface area contributed by atoms with Crippen LogP contribution in [-0.4, -0.2) is 19.9 Å². The minimum atomic E-state index is 0.594. The quantitative estimate of drug-likeness (QED) is 0.181. The molecule has 0 spiro atoms. The molecule has 0 aliphatic rings. The van der Waals surface area contributed by atoms with Crippen LogP contribution in [-0.2, 0) is 6.42 Å². The number of benzene rings is 5. The largest absolute Gasteiger partial charge is 0.245 e. The van der Waals surface area contributed by atoms with Crippen molar-refractivity contribution >= 4 is 21.8 Å². The molecular formula is C42H30N4. The number of hydrogen-bond donors (Lipinski definition) is 0. The fourth-order valence-electron chi connectivity index (χ4n) is 6.05. The van der Waals surface area contributed by atoms with Gasteiger partial charge in [0.2, 0.25) is 0 Å². The van der Waals surface area contributed by atoms with Crippen LogP contribution in [0, 0.1) is 0 Å². The summed E-state index contributed by atoms with van der Waals surface area (Å²) in [5.74, 6) is 0.594. The second-order valence-electron chi connectivity index (χ2n) is 11.4. The molecular weight excluding hydrogens is 560 g/mol. The second kappa shape index (κ2) is 11.8. The van der Waals surface area contributed by atoms with Crippen molar-refractivity contribution in [3.8, 4) is 56.4 Å². The summed E-state index contributed by atoms with van der Waals surface area (Å²) in [6, 6.07) is 52.3. The van der Waals surface area contributed by atoms with Crippen LogP contribution in [0.4, 0.5) is 0 Å². The summed E-state index contributed by atoms with van der Waals surface area (Å²) in [5, 5.41) is 2.16. The minimum Gasteiger partial charge on any atom is -0.245 e. The first-order chi connectivity index (χ1) is 22.7. The molecule has 0 aliphatic heterocycles. The van der Waals surface area contributed by atoms with Crippen molar-refractivity contribution in [1.82, 2.24) is 19.9 Å². The number of pyridine rings is 2. The van der Waals surface area contributed by atoms with Gasteiger partial charge in [-0.25, -0.2) is 19.9 Å². The molecule has 0 N–H and O–H groups in total.